The van der Waals surface area contributed by atoms with E-state index in [1.165, 1.54) is 12.1 Å². The van der Waals surface area contributed by atoms with Gasteiger partial charge in [0.25, 0.3) is 5.60 Å². The number of oxime groups is 1. The molecule has 0 saturated heterocycles. The summed E-state index contributed by atoms with van der Waals surface area (Å²) in [6, 6.07) is 11.7. The molecule has 0 bridgehead atoms. The summed E-state index contributed by atoms with van der Waals surface area (Å²) in [5.41, 5.74) is -0.0276. The maximum Gasteiger partial charge on any atom is 0.416 e. The van der Waals surface area contributed by atoms with Crippen LogP contribution in [0.1, 0.15) is 54.5 Å². The van der Waals surface area contributed by atoms with Gasteiger partial charge < -0.3 is 14.7 Å². The first kappa shape index (κ1) is 22.8. The first-order chi connectivity index (χ1) is 14.7. The average molecular weight is 435 g/mol. The molecule has 1 aliphatic heterocycles. The van der Waals surface area contributed by atoms with Gasteiger partial charge in [0.15, 0.2) is 0 Å². The summed E-state index contributed by atoms with van der Waals surface area (Å²) in [7, 11) is 0. The van der Waals surface area contributed by atoms with Gasteiger partial charge in [-0.3, -0.25) is 0 Å². The van der Waals surface area contributed by atoms with E-state index >= 15 is 0 Å². The number of nitrogens with zero attached hydrogens (tertiary/aromatic N) is 1. The fourth-order valence-corrected chi connectivity index (χ4v) is 3.60. The number of aliphatic carboxylic acids is 1. The second-order valence-electron chi connectivity index (χ2n) is 7.61. The molecule has 31 heavy (non-hydrogen) atoms. The van der Waals surface area contributed by atoms with Crippen LogP contribution in [0.3, 0.4) is 0 Å². The zero-order valence-electron chi connectivity index (χ0n) is 17.3. The minimum absolute atomic E-state index is 0.00433. The molecule has 0 saturated carbocycles. The summed E-state index contributed by atoms with van der Waals surface area (Å²) in [6.07, 6.45) is -4.35. The molecule has 2 aromatic rings. The predicted molar refractivity (Wildman–Crippen MR) is 109 cm³/mol. The SMILES string of the molecule is CCCC1=NOC(C(=O)O)(C(OCc2ccccc2C)c2ccc(C(F)(F)F)cc2)C1. The summed E-state index contributed by atoms with van der Waals surface area (Å²) < 4.78 is 45.1. The Morgan fingerprint density at radius 1 is 1.23 bits per heavy atom. The maximum absolute atomic E-state index is 13.0. The van der Waals surface area contributed by atoms with Crippen molar-refractivity contribution in [2.75, 3.05) is 0 Å². The van der Waals surface area contributed by atoms with Crippen LogP contribution in [0.25, 0.3) is 0 Å². The standard InChI is InChI=1S/C23H24F3NO4/c1-3-6-19-13-22(21(28)29,31-27-19)20(30-14-17-8-5-4-7-15(17)2)16-9-11-18(12-10-16)23(24,25)26/h4-5,7-12,20H,3,6,13-14H2,1-2H3,(H,28,29). The van der Waals surface area contributed by atoms with Crippen molar-refractivity contribution >= 4 is 11.7 Å². The van der Waals surface area contributed by atoms with E-state index in [0.717, 1.165) is 29.7 Å². The van der Waals surface area contributed by atoms with Crippen LogP contribution in [-0.2, 0) is 27.2 Å². The monoisotopic (exact) mass is 435 g/mol. The number of halogens is 3. The second kappa shape index (κ2) is 9.09. The first-order valence-corrected chi connectivity index (χ1v) is 9.98. The van der Waals surface area contributed by atoms with Crippen LogP contribution >= 0.6 is 0 Å². The molecule has 0 amide bonds. The summed E-state index contributed by atoms with van der Waals surface area (Å²) >= 11 is 0. The van der Waals surface area contributed by atoms with Gasteiger partial charge in [0.1, 0.15) is 6.10 Å². The van der Waals surface area contributed by atoms with E-state index in [-0.39, 0.29) is 18.6 Å². The highest BCUT2D eigenvalue weighted by atomic mass is 19.4. The Bertz CT molecular complexity index is 956. The molecular weight excluding hydrogens is 411 g/mol. The molecule has 2 unspecified atom stereocenters. The van der Waals surface area contributed by atoms with E-state index in [4.69, 9.17) is 9.57 Å². The average Bonchev–Trinajstić information content (AvgIpc) is 3.15. The van der Waals surface area contributed by atoms with Gasteiger partial charge in [-0.15, -0.1) is 0 Å². The number of alkyl halides is 3. The lowest BCUT2D eigenvalue weighted by Crippen LogP contribution is -2.46. The molecule has 5 nitrogen and oxygen atoms in total. The third-order valence-corrected chi connectivity index (χ3v) is 5.34. The highest BCUT2D eigenvalue weighted by molar-refractivity contribution is 5.93. The Morgan fingerprint density at radius 3 is 2.48 bits per heavy atom. The number of carboxylic acids is 1. The van der Waals surface area contributed by atoms with E-state index in [1.54, 1.807) is 0 Å². The lowest BCUT2D eigenvalue weighted by Gasteiger charge is -2.32. The molecule has 2 atom stereocenters. The lowest BCUT2D eigenvalue weighted by atomic mass is 9.85. The summed E-state index contributed by atoms with van der Waals surface area (Å²) in [5, 5.41) is 14.0. The quantitative estimate of drug-likeness (QED) is 0.580. The van der Waals surface area contributed by atoms with Crippen LogP contribution in [0, 0.1) is 6.92 Å². The largest absolute Gasteiger partial charge is 0.478 e. The summed E-state index contributed by atoms with van der Waals surface area (Å²) in [5.74, 6) is -1.28. The number of hydrogen-bond acceptors (Lipinski definition) is 4. The molecule has 0 fully saturated rings. The van der Waals surface area contributed by atoms with Crippen LogP contribution in [0.15, 0.2) is 53.7 Å². The number of benzene rings is 2. The van der Waals surface area contributed by atoms with Crippen LogP contribution < -0.4 is 0 Å². The molecule has 1 N–H and O–H groups in total. The van der Waals surface area contributed by atoms with E-state index in [0.29, 0.717) is 12.1 Å². The summed E-state index contributed by atoms with van der Waals surface area (Å²) in [6.45, 7) is 3.90. The van der Waals surface area contributed by atoms with Gasteiger partial charge in [0.2, 0.25) is 0 Å². The van der Waals surface area contributed by atoms with E-state index in [2.05, 4.69) is 5.16 Å². The van der Waals surface area contributed by atoms with Crippen molar-refractivity contribution in [3.05, 3.63) is 70.8 Å². The minimum Gasteiger partial charge on any atom is -0.478 e. The smallest absolute Gasteiger partial charge is 0.416 e. The fourth-order valence-electron chi connectivity index (χ4n) is 3.60. The van der Waals surface area contributed by atoms with Crippen molar-refractivity contribution < 1.29 is 32.6 Å². The number of hydrogen-bond donors (Lipinski definition) is 1. The van der Waals surface area contributed by atoms with Crippen molar-refractivity contribution in [2.24, 2.45) is 5.16 Å². The van der Waals surface area contributed by atoms with Crippen LogP contribution in [-0.4, -0.2) is 22.4 Å². The third kappa shape index (κ3) is 4.90. The van der Waals surface area contributed by atoms with Crippen LogP contribution in [0.4, 0.5) is 13.2 Å². The highest BCUT2D eigenvalue weighted by Crippen LogP contribution is 2.42. The normalized spacial score (nSPS) is 19.6. The molecule has 166 valence electrons. The number of carboxylic acid groups (broad SMARTS) is 1. The Kier molecular flexibility index (Phi) is 6.69. The fraction of sp³-hybridized carbons (Fsp3) is 0.391. The molecule has 0 radical (unpaired) electrons. The predicted octanol–water partition coefficient (Wildman–Crippen LogP) is 5.67. The molecule has 0 aromatic heterocycles. The zero-order valence-corrected chi connectivity index (χ0v) is 17.3. The van der Waals surface area contributed by atoms with Gasteiger partial charge in [-0.2, -0.15) is 13.2 Å². The Labute approximate surface area is 178 Å². The van der Waals surface area contributed by atoms with Crippen molar-refractivity contribution in [1.82, 2.24) is 0 Å². The Morgan fingerprint density at radius 2 is 1.90 bits per heavy atom. The Balaban J connectivity index is 1.97. The van der Waals surface area contributed by atoms with E-state index in [1.807, 2.05) is 38.1 Å². The topological polar surface area (TPSA) is 68.1 Å². The molecule has 0 spiro atoms. The zero-order chi connectivity index (χ0) is 22.6. The van der Waals surface area contributed by atoms with Gasteiger partial charge in [-0.1, -0.05) is 54.9 Å². The van der Waals surface area contributed by atoms with Gasteiger partial charge in [0.05, 0.1) is 17.9 Å². The third-order valence-electron chi connectivity index (χ3n) is 5.34. The van der Waals surface area contributed by atoms with Gasteiger partial charge in [0, 0.05) is 6.42 Å². The van der Waals surface area contributed by atoms with E-state index < -0.39 is 29.4 Å². The minimum atomic E-state index is -4.50. The van der Waals surface area contributed by atoms with Gasteiger partial charge >= 0.3 is 12.1 Å². The molecule has 3 rings (SSSR count). The number of carbonyl (C=O) groups is 1. The van der Waals surface area contributed by atoms with Gasteiger partial charge in [-0.25, -0.2) is 4.79 Å². The van der Waals surface area contributed by atoms with E-state index in [9.17, 15) is 23.1 Å². The Hall–Kier alpha value is -2.87. The molecule has 1 heterocycles. The first-order valence-electron chi connectivity index (χ1n) is 9.98. The van der Waals surface area contributed by atoms with Crippen molar-refractivity contribution in [1.29, 1.82) is 0 Å². The van der Waals surface area contributed by atoms with Crippen molar-refractivity contribution in [2.45, 2.75) is 57.6 Å². The second-order valence-corrected chi connectivity index (χ2v) is 7.61. The van der Waals surface area contributed by atoms with Crippen LogP contribution in [0.2, 0.25) is 0 Å². The van der Waals surface area contributed by atoms with Crippen molar-refractivity contribution in [3.63, 3.8) is 0 Å². The van der Waals surface area contributed by atoms with Crippen LogP contribution in [0.5, 0.6) is 0 Å². The summed E-state index contributed by atoms with van der Waals surface area (Å²) in [4.78, 5) is 17.8. The molecule has 8 heteroatoms. The number of aryl methyl sites for hydroxylation is 1. The molecular formula is C23H24F3NO4. The lowest BCUT2D eigenvalue weighted by molar-refractivity contribution is -0.187. The molecule has 0 aliphatic carbocycles. The molecule has 1 aliphatic rings. The molecule has 2 aromatic carbocycles. The number of rotatable bonds is 8. The highest BCUT2D eigenvalue weighted by Gasteiger charge is 2.54. The van der Waals surface area contributed by atoms with Crippen molar-refractivity contribution in [3.8, 4) is 0 Å². The van der Waals surface area contributed by atoms with Gasteiger partial charge in [-0.05, 0) is 42.2 Å². The number of ether oxygens (including phenoxy) is 1. The maximum atomic E-state index is 13.0.